The molecule has 0 radical (unpaired) electrons. The second kappa shape index (κ2) is 9.22. The van der Waals surface area contributed by atoms with E-state index in [1.165, 1.54) is 11.1 Å². The van der Waals surface area contributed by atoms with Crippen LogP contribution in [0.5, 0.6) is 0 Å². The summed E-state index contributed by atoms with van der Waals surface area (Å²) in [5.41, 5.74) is 2.83. The maximum atomic E-state index is 10.1. The predicted octanol–water partition coefficient (Wildman–Crippen LogP) is 4.39. The fourth-order valence-electron chi connectivity index (χ4n) is 3.01. The number of hydrogen-bond acceptors (Lipinski definition) is 2. The predicted molar refractivity (Wildman–Crippen MR) is 90.1 cm³/mol. The Kier molecular flexibility index (Phi) is 7.98. The second-order valence-electron chi connectivity index (χ2n) is 6.33. The van der Waals surface area contributed by atoms with E-state index in [1.807, 2.05) is 0 Å². The quantitative estimate of drug-likeness (QED) is 0.683. The zero-order valence-corrected chi connectivity index (χ0v) is 14.0. The van der Waals surface area contributed by atoms with Crippen LogP contribution in [-0.2, 0) is 0 Å². The van der Waals surface area contributed by atoms with E-state index >= 15 is 0 Å². The molecule has 21 heavy (non-hydrogen) atoms. The van der Waals surface area contributed by atoms with Crippen LogP contribution in [0.2, 0.25) is 0 Å². The first kappa shape index (κ1) is 18.2. The van der Waals surface area contributed by atoms with Crippen molar-refractivity contribution >= 4 is 0 Å². The van der Waals surface area contributed by atoms with E-state index in [9.17, 15) is 10.2 Å². The van der Waals surface area contributed by atoms with Gasteiger partial charge in [-0.05, 0) is 51.4 Å². The topological polar surface area (TPSA) is 40.5 Å². The smallest absolute Gasteiger partial charge is 0.0756 e. The van der Waals surface area contributed by atoms with Crippen molar-refractivity contribution in [3.8, 4) is 0 Å². The Morgan fingerprint density at radius 3 is 2.14 bits per heavy atom. The molecule has 0 fully saturated rings. The van der Waals surface area contributed by atoms with Gasteiger partial charge < -0.3 is 10.2 Å². The van der Waals surface area contributed by atoms with Crippen molar-refractivity contribution in [1.82, 2.24) is 0 Å². The molecule has 0 heterocycles. The molecule has 120 valence electrons. The lowest BCUT2D eigenvalue weighted by atomic mass is 9.76. The zero-order valence-electron chi connectivity index (χ0n) is 14.0. The van der Waals surface area contributed by atoms with Gasteiger partial charge in [0.15, 0.2) is 0 Å². The molecule has 2 N–H and O–H groups in total. The normalized spacial score (nSPS) is 30.8. The number of rotatable bonds is 7. The van der Waals surface area contributed by atoms with Crippen LogP contribution < -0.4 is 0 Å². The van der Waals surface area contributed by atoms with Crippen molar-refractivity contribution in [1.29, 1.82) is 0 Å². The van der Waals surface area contributed by atoms with Crippen LogP contribution in [0.1, 0.15) is 59.8 Å². The maximum Gasteiger partial charge on any atom is 0.0756 e. The monoisotopic (exact) mass is 292 g/mol. The lowest BCUT2D eigenvalue weighted by Crippen LogP contribution is -2.36. The van der Waals surface area contributed by atoms with E-state index in [-0.39, 0.29) is 11.8 Å². The summed E-state index contributed by atoms with van der Waals surface area (Å²) in [5, 5.41) is 20.2. The molecule has 0 aromatic heterocycles. The van der Waals surface area contributed by atoms with Crippen molar-refractivity contribution in [2.45, 2.75) is 72.0 Å². The third-order valence-corrected chi connectivity index (χ3v) is 4.73. The van der Waals surface area contributed by atoms with Crippen LogP contribution in [0, 0.1) is 11.8 Å². The first-order chi connectivity index (χ1) is 9.99. The van der Waals surface area contributed by atoms with E-state index in [2.05, 4.69) is 39.8 Å². The molecule has 0 saturated carbocycles. The fraction of sp³-hybridized carbons (Fsp3) is 0.684. The molecule has 2 nitrogen and oxygen atoms in total. The van der Waals surface area contributed by atoms with Gasteiger partial charge in [0, 0.05) is 0 Å². The molecule has 1 aliphatic carbocycles. The van der Waals surface area contributed by atoms with Gasteiger partial charge in [0.05, 0.1) is 12.2 Å². The van der Waals surface area contributed by atoms with Crippen LogP contribution in [0.25, 0.3) is 0 Å². The van der Waals surface area contributed by atoms with Gasteiger partial charge >= 0.3 is 0 Å². The molecule has 4 unspecified atom stereocenters. The molecule has 0 amide bonds. The summed E-state index contributed by atoms with van der Waals surface area (Å²) in [6.07, 6.45) is 12.3. The van der Waals surface area contributed by atoms with Crippen molar-refractivity contribution in [2.24, 2.45) is 11.8 Å². The lowest BCUT2D eigenvalue weighted by molar-refractivity contribution is 0.0325. The van der Waals surface area contributed by atoms with Crippen molar-refractivity contribution in [2.75, 3.05) is 0 Å². The summed E-state index contributed by atoms with van der Waals surface area (Å²) < 4.78 is 0. The van der Waals surface area contributed by atoms with Crippen LogP contribution in [0.3, 0.4) is 0 Å². The van der Waals surface area contributed by atoms with Gasteiger partial charge in [0.25, 0.3) is 0 Å². The van der Waals surface area contributed by atoms with Gasteiger partial charge in [0.1, 0.15) is 0 Å². The molecule has 2 heteroatoms. The Hall–Kier alpha value is -0.860. The van der Waals surface area contributed by atoms with Gasteiger partial charge in [0.2, 0.25) is 0 Å². The second-order valence-corrected chi connectivity index (χ2v) is 6.33. The Morgan fingerprint density at radius 2 is 1.57 bits per heavy atom. The third kappa shape index (κ3) is 5.80. The van der Waals surface area contributed by atoms with Crippen molar-refractivity contribution in [3.05, 3.63) is 35.5 Å². The molecule has 4 atom stereocenters. The highest BCUT2D eigenvalue weighted by molar-refractivity contribution is 5.10. The Labute approximate surface area is 130 Å². The molecule has 0 aromatic rings. The molecule has 1 rings (SSSR count). The van der Waals surface area contributed by atoms with Gasteiger partial charge in [-0.25, -0.2) is 0 Å². The van der Waals surface area contributed by atoms with Crippen LogP contribution in [0.15, 0.2) is 35.5 Å². The molecule has 0 saturated heterocycles. The highest BCUT2D eigenvalue weighted by Crippen LogP contribution is 2.32. The summed E-state index contributed by atoms with van der Waals surface area (Å²) in [4.78, 5) is 0. The molecular formula is C19H32O2. The van der Waals surface area contributed by atoms with Gasteiger partial charge in [-0.15, -0.1) is 0 Å². The van der Waals surface area contributed by atoms with Gasteiger partial charge in [-0.1, -0.05) is 55.7 Å². The molecule has 0 aliphatic heterocycles. The van der Waals surface area contributed by atoms with Gasteiger partial charge in [-0.2, -0.15) is 0 Å². The van der Waals surface area contributed by atoms with Gasteiger partial charge in [-0.3, -0.25) is 0 Å². The summed E-state index contributed by atoms with van der Waals surface area (Å²) >= 11 is 0. The van der Waals surface area contributed by atoms with E-state index in [0.29, 0.717) is 0 Å². The molecular weight excluding hydrogens is 260 g/mol. The summed E-state index contributed by atoms with van der Waals surface area (Å²) in [6, 6.07) is 0. The summed E-state index contributed by atoms with van der Waals surface area (Å²) in [5.74, 6) is 0.300. The largest absolute Gasteiger partial charge is 0.389 e. The summed E-state index contributed by atoms with van der Waals surface area (Å²) in [7, 11) is 0. The number of aliphatic hydroxyl groups is 2. The number of hydrogen-bond donors (Lipinski definition) is 2. The third-order valence-electron chi connectivity index (χ3n) is 4.73. The average Bonchev–Trinajstić information content (AvgIpc) is 2.47. The minimum Gasteiger partial charge on any atom is -0.389 e. The SMILES string of the molecule is CC/C(C)=C/CC/C(C)=C/CC1C(O)C=CC(O)C1CC. The molecule has 1 aliphatic rings. The van der Waals surface area contributed by atoms with E-state index in [1.54, 1.807) is 12.2 Å². The average molecular weight is 292 g/mol. The fourth-order valence-corrected chi connectivity index (χ4v) is 3.01. The standard InChI is InChI=1S/C19H32O2/c1-5-14(3)8-7-9-15(4)10-11-17-16(6-2)18(20)12-13-19(17)21/h8,10,12-13,16-21H,5-7,9,11H2,1-4H3/b14-8+,15-10+. The van der Waals surface area contributed by atoms with E-state index in [4.69, 9.17) is 0 Å². The lowest BCUT2D eigenvalue weighted by Gasteiger charge is -2.34. The Bertz CT molecular complexity index is 392. The van der Waals surface area contributed by atoms with E-state index in [0.717, 1.165) is 32.1 Å². The first-order valence-corrected chi connectivity index (χ1v) is 8.35. The van der Waals surface area contributed by atoms with Crippen LogP contribution in [-0.4, -0.2) is 22.4 Å². The molecule has 0 bridgehead atoms. The molecule has 0 aromatic carbocycles. The van der Waals surface area contributed by atoms with Crippen molar-refractivity contribution in [3.63, 3.8) is 0 Å². The minimum absolute atomic E-state index is 0.137. The number of aliphatic hydroxyl groups excluding tert-OH is 2. The first-order valence-electron chi connectivity index (χ1n) is 8.35. The maximum absolute atomic E-state index is 10.1. The molecule has 0 spiro atoms. The zero-order chi connectivity index (χ0) is 15.8. The highest BCUT2D eigenvalue weighted by atomic mass is 16.3. The Balaban J connectivity index is 2.54. The van der Waals surface area contributed by atoms with Crippen LogP contribution in [0.4, 0.5) is 0 Å². The van der Waals surface area contributed by atoms with Crippen molar-refractivity contribution < 1.29 is 10.2 Å². The Morgan fingerprint density at radius 1 is 0.952 bits per heavy atom. The number of allylic oxidation sites excluding steroid dienone is 4. The minimum atomic E-state index is -0.426. The van der Waals surface area contributed by atoms with Crippen LogP contribution >= 0.6 is 0 Å². The van der Waals surface area contributed by atoms with E-state index < -0.39 is 12.2 Å². The highest BCUT2D eigenvalue weighted by Gasteiger charge is 2.32. The summed E-state index contributed by atoms with van der Waals surface area (Å²) in [6.45, 7) is 8.61.